The maximum absolute atomic E-state index is 6.04. The van der Waals surface area contributed by atoms with Gasteiger partial charge in [0.25, 0.3) is 0 Å². The lowest BCUT2D eigenvalue weighted by Crippen LogP contribution is -2.15. The van der Waals surface area contributed by atoms with E-state index in [9.17, 15) is 0 Å². The van der Waals surface area contributed by atoms with Gasteiger partial charge in [0.2, 0.25) is 0 Å². The molecule has 12 heavy (non-hydrogen) atoms. The minimum Gasteiger partial charge on any atom is -0.120 e. The fraction of sp³-hybridized carbons (Fsp3) is 1.00. The van der Waals surface area contributed by atoms with Crippen molar-refractivity contribution in [3.05, 3.63) is 0 Å². The summed E-state index contributed by atoms with van der Waals surface area (Å²) in [6.45, 7) is 14.9. The molecule has 0 rings (SSSR count). The summed E-state index contributed by atoms with van der Waals surface area (Å²) in [5.41, 5.74) is 0.423. The van der Waals surface area contributed by atoms with Crippen LogP contribution in [-0.4, -0.2) is 4.87 Å². The molecule has 0 bridgehead atoms. The van der Waals surface area contributed by atoms with E-state index in [1.807, 2.05) is 13.8 Å². The Bertz CT molecular complexity index is 78.6. The van der Waals surface area contributed by atoms with Crippen LogP contribution in [0, 0.1) is 5.41 Å². The Morgan fingerprint density at radius 2 is 1.17 bits per heavy atom. The quantitative estimate of drug-likeness (QED) is 0.549. The topological polar surface area (TPSA) is 0 Å². The first-order chi connectivity index (χ1) is 5.21. The van der Waals surface area contributed by atoms with Gasteiger partial charge in [0.1, 0.15) is 0 Å². The van der Waals surface area contributed by atoms with Crippen LogP contribution in [0.3, 0.4) is 0 Å². The molecule has 0 aromatic carbocycles. The van der Waals surface area contributed by atoms with E-state index in [-0.39, 0.29) is 4.87 Å². The molecule has 0 aliphatic heterocycles. The summed E-state index contributed by atoms with van der Waals surface area (Å²) >= 11 is 6.04. The summed E-state index contributed by atoms with van der Waals surface area (Å²) in [7, 11) is 0. The van der Waals surface area contributed by atoms with E-state index in [1.165, 1.54) is 6.42 Å². The smallest absolute Gasteiger partial charge is 0.0390 e. The van der Waals surface area contributed by atoms with Crippen LogP contribution in [0.4, 0.5) is 0 Å². The highest BCUT2D eigenvalue weighted by Gasteiger charge is 2.18. The normalized spacial score (nSPS) is 12.0. The first kappa shape index (κ1) is 14.8. The van der Waals surface area contributed by atoms with Crippen molar-refractivity contribution in [3.8, 4) is 0 Å². The number of alkyl halides is 1. The molecule has 0 radical (unpaired) electrons. The van der Waals surface area contributed by atoms with Crippen LogP contribution in [-0.2, 0) is 0 Å². The molecule has 0 aromatic rings. The second-order valence-corrected chi connectivity index (χ2v) is 5.80. The predicted octanol–water partition coefficient (Wildman–Crippen LogP) is 4.86. The predicted molar refractivity (Wildman–Crippen MR) is 60.0 cm³/mol. The third kappa shape index (κ3) is 16.7. The summed E-state index contributed by atoms with van der Waals surface area (Å²) in [6, 6.07) is 0. The van der Waals surface area contributed by atoms with Crippen LogP contribution in [0.25, 0.3) is 0 Å². The molecule has 76 valence electrons. The Balaban J connectivity index is 0. The first-order valence-electron chi connectivity index (χ1n) is 4.90. The number of hydrogen-bond donors (Lipinski definition) is 0. The Morgan fingerprint density at radius 3 is 1.25 bits per heavy atom. The second kappa shape index (κ2) is 5.85. The van der Waals surface area contributed by atoms with Gasteiger partial charge in [-0.1, -0.05) is 34.6 Å². The average molecular weight is 193 g/mol. The van der Waals surface area contributed by atoms with Gasteiger partial charge in [-0.25, -0.2) is 0 Å². The zero-order valence-electron chi connectivity index (χ0n) is 9.79. The maximum atomic E-state index is 6.04. The molecule has 1 heteroatoms. The Kier molecular flexibility index (Phi) is 7.22. The van der Waals surface area contributed by atoms with Gasteiger partial charge in [-0.2, -0.15) is 0 Å². The van der Waals surface area contributed by atoms with Crippen LogP contribution in [0.15, 0.2) is 0 Å². The van der Waals surface area contributed by atoms with Crippen molar-refractivity contribution in [1.29, 1.82) is 0 Å². The second-order valence-electron chi connectivity index (χ2n) is 4.78. The number of hydrogen-bond acceptors (Lipinski definition) is 0. The molecule has 0 fully saturated rings. The lowest BCUT2D eigenvalue weighted by atomic mass is 9.87. The minimum atomic E-state index is -0.0206. The molecule has 0 aromatic heterocycles. The molecule has 0 spiro atoms. The molecule has 0 N–H and O–H groups in total. The van der Waals surface area contributed by atoms with Crippen LogP contribution >= 0.6 is 11.6 Å². The van der Waals surface area contributed by atoms with Gasteiger partial charge in [0.05, 0.1) is 0 Å². The van der Waals surface area contributed by atoms with Crippen molar-refractivity contribution < 1.29 is 0 Å². The lowest BCUT2D eigenvalue weighted by Gasteiger charge is -2.23. The summed E-state index contributed by atoms with van der Waals surface area (Å²) < 4.78 is 0. The lowest BCUT2D eigenvalue weighted by molar-refractivity contribution is 0.346. The molecule has 0 saturated carbocycles. The van der Waals surface area contributed by atoms with Crippen LogP contribution in [0.2, 0.25) is 0 Å². The SMILES string of the molecule is CC.CC(C)(C)CCC(C)(C)Cl. The highest BCUT2D eigenvalue weighted by molar-refractivity contribution is 6.23. The zero-order chi connectivity index (χ0) is 10.4. The van der Waals surface area contributed by atoms with E-state index in [0.717, 1.165) is 6.42 Å². The molecule has 0 heterocycles. The Morgan fingerprint density at radius 1 is 0.833 bits per heavy atom. The van der Waals surface area contributed by atoms with Gasteiger partial charge in [0, 0.05) is 4.87 Å². The van der Waals surface area contributed by atoms with E-state index >= 15 is 0 Å². The van der Waals surface area contributed by atoms with Gasteiger partial charge in [-0.05, 0) is 32.1 Å². The van der Waals surface area contributed by atoms with Crippen molar-refractivity contribution in [1.82, 2.24) is 0 Å². The summed E-state index contributed by atoms with van der Waals surface area (Å²) in [5.74, 6) is 0. The standard InChI is InChI=1S/C9H19Cl.C2H6/c1-8(2,3)6-7-9(4,5)10;1-2/h6-7H2,1-5H3;1-2H3. The summed E-state index contributed by atoms with van der Waals surface area (Å²) in [4.78, 5) is -0.0206. The molecule has 0 nitrogen and oxygen atoms in total. The highest BCUT2D eigenvalue weighted by atomic mass is 35.5. The Labute approximate surface area is 83.7 Å². The van der Waals surface area contributed by atoms with Crippen molar-refractivity contribution in [3.63, 3.8) is 0 Å². The van der Waals surface area contributed by atoms with Gasteiger partial charge >= 0.3 is 0 Å². The minimum absolute atomic E-state index is 0.0206. The third-order valence-electron chi connectivity index (χ3n) is 1.47. The molecule has 0 saturated heterocycles. The zero-order valence-corrected chi connectivity index (χ0v) is 10.5. The van der Waals surface area contributed by atoms with E-state index in [4.69, 9.17) is 11.6 Å². The molecule has 0 unspecified atom stereocenters. The highest BCUT2D eigenvalue weighted by Crippen LogP contribution is 2.28. The molecule has 0 aliphatic carbocycles. The monoisotopic (exact) mass is 192 g/mol. The van der Waals surface area contributed by atoms with Crippen molar-refractivity contribution in [2.75, 3.05) is 0 Å². The van der Waals surface area contributed by atoms with Crippen LogP contribution in [0.1, 0.15) is 61.3 Å². The van der Waals surface area contributed by atoms with Crippen LogP contribution in [0.5, 0.6) is 0 Å². The molecule has 0 aliphatic rings. The summed E-state index contributed by atoms with van der Waals surface area (Å²) in [5, 5.41) is 0. The maximum Gasteiger partial charge on any atom is 0.0390 e. The first-order valence-corrected chi connectivity index (χ1v) is 5.27. The van der Waals surface area contributed by atoms with Gasteiger partial charge in [0.15, 0.2) is 0 Å². The number of halogens is 1. The van der Waals surface area contributed by atoms with E-state index in [1.54, 1.807) is 0 Å². The van der Waals surface area contributed by atoms with Crippen molar-refractivity contribution >= 4 is 11.6 Å². The van der Waals surface area contributed by atoms with Gasteiger partial charge in [-0.15, -0.1) is 11.6 Å². The van der Waals surface area contributed by atoms with E-state index < -0.39 is 0 Å². The van der Waals surface area contributed by atoms with Crippen molar-refractivity contribution in [2.24, 2.45) is 5.41 Å². The molecular weight excluding hydrogens is 168 g/mol. The largest absolute Gasteiger partial charge is 0.120 e. The Hall–Kier alpha value is 0.290. The third-order valence-corrected chi connectivity index (χ3v) is 1.66. The van der Waals surface area contributed by atoms with E-state index in [2.05, 4.69) is 34.6 Å². The summed E-state index contributed by atoms with van der Waals surface area (Å²) in [6.07, 6.45) is 2.29. The van der Waals surface area contributed by atoms with Crippen LogP contribution < -0.4 is 0 Å². The average Bonchev–Trinajstić information content (AvgIpc) is 1.86. The van der Waals surface area contributed by atoms with Gasteiger partial charge < -0.3 is 0 Å². The van der Waals surface area contributed by atoms with E-state index in [0.29, 0.717) is 5.41 Å². The van der Waals surface area contributed by atoms with Crippen molar-refractivity contribution in [2.45, 2.75) is 66.2 Å². The van der Waals surface area contributed by atoms with Gasteiger partial charge in [-0.3, -0.25) is 0 Å². The fourth-order valence-electron chi connectivity index (χ4n) is 0.672. The molecule has 0 amide bonds. The molecular formula is C11H25Cl. The molecule has 0 atom stereocenters. The fourth-order valence-corrected chi connectivity index (χ4v) is 0.767. The number of rotatable bonds is 2.